The molecule has 0 spiro atoms. The summed E-state index contributed by atoms with van der Waals surface area (Å²) in [6.07, 6.45) is 3.27. The van der Waals surface area contributed by atoms with Crippen molar-refractivity contribution in [1.82, 2.24) is 9.38 Å². The zero-order valence-corrected chi connectivity index (χ0v) is 11.3. The van der Waals surface area contributed by atoms with E-state index in [-0.39, 0.29) is 0 Å². The topological polar surface area (TPSA) is 43.3 Å². The van der Waals surface area contributed by atoms with Crippen LogP contribution in [-0.4, -0.2) is 15.1 Å². The highest BCUT2D eigenvalue weighted by Crippen LogP contribution is 2.26. The van der Waals surface area contributed by atoms with Crippen LogP contribution >= 0.6 is 23.1 Å². The highest BCUT2D eigenvalue weighted by atomic mass is 32.2. The molecular formula is C11H17N3S2. The highest BCUT2D eigenvalue weighted by molar-refractivity contribution is 7.99. The molecule has 0 atom stereocenters. The molecule has 2 aromatic rings. The standard InChI is InChI=1S/C11H17N3S2/c1-8(2)3-5-15-10-9(7-12)14-4-6-16-11(14)13-10/h4,6,8H,3,5,7,12H2,1-2H3. The third-order valence-corrected chi connectivity index (χ3v) is 4.25. The molecule has 0 aromatic carbocycles. The van der Waals surface area contributed by atoms with Crippen molar-refractivity contribution in [2.45, 2.75) is 31.8 Å². The minimum Gasteiger partial charge on any atom is -0.325 e. The zero-order valence-electron chi connectivity index (χ0n) is 9.64. The van der Waals surface area contributed by atoms with E-state index in [0.29, 0.717) is 6.54 Å². The van der Waals surface area contributed by atoms with E-state index in [0.717, 1.165) is 27.4 Å². The third kappa shape index (κ3) is 2.42. The Morgan fingerprint density at radius 1 is 1.56 bits per heavy atom. The van der Waals surface area contributed by atoms with Gasteiger partial charge in [0.15, 0.2) is 4.96 Å². The Bertz CT molecular complexity index is 459. The van der Waals surface area contributed by atoms with Crippen molar-refractivity contribution in [1.29, 1.82) is 0 Å². The van der Waals surface area contributed by atoms with Crippen LogP contribution in [0.2, 0.25) is 0 Å². The molecule has 16 heavy (non-hydrogen) atoms. The highest BCUT2D eigenvalue weighted by Gasteiger charge is 2.11. The lowest BCUT2D eigenvalue weighted by Crippen LogP contribution is -2.01. The molecule has 0 fully saturated rings. The van der Waals surface area contributed by atoms with Crippen LogP contribution in [-0.2, 0) is 6.54 Å². The Morgan fingerprint density at radius 2 is 2.38 bits per heavy atom. The van der Waals surface area contributed by atoms with Gasteiger partial charge in [-0.3, -0.25) is 4.40 Å². The van der Waals surface area contributed by atoms with Crippen LogP contribution in [0.1, 0.15) is 26.0 Å². The summed E-state index contributed by atoms with van der Waals surface area (Å²) in [6.45, 7) is 5.05. The fourth-order valence-corrected chi connectivity index (χ4v) is 3.58. The normalized spacial score (nSPS) is 11.8. The number of hydrogen-bond donors (Lipinski definition) is 1. The van der Waals surface area contributed by atoms with Crippen molar-refractivity contribution in [3.05, 3.63) is 17.3 Å². The molecule has 0 radical (unpaired) electrons. The quantitative estimate of drug-likeness (QED) is 0.835. The van der Waals surface area contributed by atoms with Gasteiger partial charge in [0.25, 0.3) is 0 Å². The molecule has 2 rings (SSSR count). The Balaban J connectivity index is 2.13. The predicted molar refractivity (Wildman–Crippen MR) is 71.1 cm³/mol. The van der Waals surface area contributed by atoms with Gasteiger partial charge in [-0.15, -0.1) is 23.1 Å². The number of imidazole rings is 1. The van der Waals surface area contributed by atoms with Crippen LogP contribution < -0.4 is 5.73 Å². The first-order chi connectivity index (χ1) is 7.72. The maximum Gasteiger partial charge on any atom is 0.194 e. The lowest BCUT2D eigenvalue weighted by molar-refractivity contribution is 0.632. The minimum absolute atomic E-state index is 0.557. The van der Waals surface area contributed by atoms with Crippen LogP contribution in [0.3, 0.4) is 0 Å². The van der Waals surface area contributed by atoms with Crippen molar-refractivity contribution >= 4 is 28.1 Å². The molecule has 5 heteroatoms. The van der Waals surface area contributed by atoms with E-state index in [1.54, 1.807) is 11.3 Å². The second-order valence-corrected chi connectivity index (χ2v) is 6.11. The number of rotatable bonds is 5. The maximum absolute atomic E-state index is 5.78. The second kappa shape index (κ2) is 5.21. The second-order valence-electron chi connectivity index (χ2n) is 4.15. The summed E-state index contributed by atoms with van der Waals surface area (Å²) < 4.78 is 2.10. The summed E-state index contributed by atoms with van der Waals surface area (Å²) in [5.41, 5.74) is 6.93. The lowest BCUT2D eigenvalue weighted by Gasteiger charge is -2.03. The van der Waals surface area contributed by atoms with E-state index in [1.165, 1.54) is 6.42 Å². The number of aromatic nitrogens is 2. The van der Waals surface area contributed by atoms with Crippen molar-refractivity contribution in [3.8, 4) is 0 Å². The molecule has 0 aliphatic rings. The van der Waals surface area contributed by atoms with Crippen LogP contribution in [0.4, 0.5) is 0 Å². The van der Waals surface area contributed by atoms with Gasteiger partial charge in [-0.1, -0.05) is 13.8 Å². The molecule has 0 aliphatic carbocycles. The molecule has 2 heterocycles. The molecule has 0 aliphatic heterocycles. The molecule has 88 valence electrons. The number of thiazole rings is 1. The number of nitrogens with two attached hydrogens (primary N) is 1. The average Bonchev–Trinajstić information content (AvgIpc) is 2.76. The molecule has 0 saturated heterocycles. The van der Waals surface area contributed by atoms with E-state index < -0.39 is 0 Å². The molecule has 0 amide bonds. The summed E-state index contributed by atoms with van der Waals surface area (Å²) in [7, 11) is 0. The van der Waals surface area contributed by atoms with Crippen LogP contribution in [0, 0.1) is 5.92 Å². The first-order valence-electron chi connectivity index (χ1n) is 5.49. The predicted octanol–water partition coefficient (Wildman–Crippen LogP) is 2.99. The SMILES string of the molecule is CC(C)CCSc1nc2sccn2c1CN. The van der Waals surface area contributed by atoms with Gasteiger partial charge in [0.1, 0.15) is 5.03 Å². The first kappa shape index (κ1) is 12.0. The van der Waals surface area contributed by atoms with Crippen molar-refractivity contribution in [2.24, 2.45) is 11.7 Å². The molecule has 0 unspecified atom stereocenters. The third-order valence-electron chi connectivity index (χ3n) is 2.45. The van der Waals surface area contributed by atoms with Gasteiger partial charge < -0.3 is 5.73 Å². The Hall–Kier alpha value is -0.520. The van der Waals surface area contributed by atoms with Crippen LogP contribution in [0.5, 0.6) is 0 Å². The summed E-state index contributed by atoms with van der Waals surface area (Å²) in [5, 5.41) is 3.15. The number of hydrogen-bond acceptors (Lipinski definition) is 4. The molecule has 2 aromatic heterocycles. The Kier molecular flexibility index (Phi) is 3.89. The first-order valence-corrected chi connectivity index (χ1v) is 7.36. The summed E-state index contributed by atoms with van der Waals surface area (Å²) in [5.74, 6) is 1.87. The molecule has 2 N–H and O–H groups in total. The number of thioether (sulfide) groups is 1. The van der Waals surface area contributed by atoms with Gasteiger partial charge in [-0.05, 0) is 18.1 Å². The van der Waals surface area contributed by atoms with Crippen molar-refractivity contribution in [3.63, 3.8) is 0 Å². The van der Waals surface area contributed by atoms with E-state index in [9.17, 15) is 0 Å². The molecule has 3 nitrogen and oxygen atoms in total. The number of nitrogens with zero attached hydrogens (tertiary/aromatic N) is 2. The Labute approximate surface area is 104 Å². The van der Waals surface area contributed by atoms with Crippen LogP contribution in [0.25, 0.3) is 4.96 Å². The van der Waals surface area contributed by atoms with E-state index in [2.05, 4.69) is 23.2 Å². The van der Waals surface area contributed by atoms with Gasteiger partial charge in [0.2, 0.25) is 0 Å². The summed E-state index contributed by atoms with van der Waals surface area (Å²) in [4.78, 5) is 5.65. The van der Waals surface area contributed by atoms with Gasteiger partial charge in [0.05, 0.1) is 5.69 Å². The molecular weight excluding hydrogens is 238 g/mol. The van der Waals surface area contributed by atoms with E-state index in [4.69, 9.17) is 5.73 Å². The van der Waals surface area contributed by atoms with E-state index in [1.807, 2.05) is 23.3 Å². The zero-order chi connectivity index (χ0) is 11.5. The van der Waals surface area contributed by atoms with Gasteiger partial charge in [0, 0.05) is 18.1 Å². The fourth-order valence-electron chi connectivity index (χ4n) is 1.51. The summed E-state index contributed by atoms with van der Waals surface area (Å²) in [6, 6.07) is 0. The number of fused-ring (bicyclic) bond motifs is 1. The van der Waals surface area contributed by atoms with E-state index >= 15 is 0 Å². The van der Waals surface area contributed by atoms with Gasteiger partial charge in [-0.25, -0.2) is 4.98 Å². The minimum atomic E-state index is 0.557. The van der Waals surface area contributed by atoms with Crippen molar-refractivity contribution < 1.29 is 0 Å². The fraction of sp³-hybridized carbons (Fsp3) is 0.545. The van der Waals surface area contributed by atoms with Gasteiger partial charge in [-0.2, -0.15) is 0 Å². The van der Waals surface area contributed by atoms with Crippen molar-refractivity contribution in [2.75, 3.05) is 5.75 Å². The lowest BCUT2D eigenvalue weighted by atomic mass is 10.2. The Morgan fingerprint density at radius 3 is 3.06 bits per heavy atom. The maximum atomic E-state index is 5.78. The monoisotopic (exact) mass is 255 g/mol. The van der Waals surface area contributed by atoms with Crippen LogP contribution in [0.15, 0.2) is 16.6 Å². The molecule has 0 bridgehead atoms. The van der Waals surface area contributed by atoms with Gasteiger partial charge >= 0.3 is 0 Å². The average molecular weight is 255 g/mol. The smallest absolute Gasteiger partial charge is 0.194 e. The molecule has 0 saturated carbocycles. The summed E-state index contributed by atoms with van der Waals surface area (Å²) >= 11 is 3.49. The largest absolute Gasteiger partial charge is 0.325 e.